The van der Waals surface area contributed by atoms with Crippen molar-refractivity contribution in [3.8, 4) is 0 Å². The lowest BCUT2D eigenvalue weighted by Gasteiger charge is -2.14. The zero-order valence-corrected chi connectivity index (χ0v) is 11.0. The molecule has 88 valence electrons. The largest absolute Gasteiger partial charge is 0.465 e. The number of carbonyl (C=O) groups excluding carboxylic acids is 1. The number of rotatable bonds is 5. The van der Waals surface area contributed by atoms with E-state index in [1.54, 1.807) is 23.9 Å². The van der Waals surface area contributed by atoms with Crippen LogP contribution in [0.4, 0.5) is 0 Å². The van der Waals surface area contributed by atoms with Gasteiger partial charge in [0.05, 0.1) is 6.61 Å². The van der Waals surface area contributed by atoms with Crippen LogP contribution in [0.2, 0.25) is 5.02 Å². The van der Waals surface area contributed by atoms with Crippen molar-refractivity contribution in [1.82, 2.24) is 0 Å². The molecule has 0 radical (unpaired) electrons. The first-order chi connectivity index (χ1) is 7.69. The number of thioether (sulfide) groups is 1. The number of esters is 1. The minimum absolute atomic E-state index is 0.184. The fraction of sp³-hybridized carbons (Fsp3) is 0.417. The zero-order chi connectivity index (χ0) is 12.0. The van der Waals surface area contributed by atoms with E-state index >= 15 is 0 Å². The van der Waals surface area contributed by atoms with Crippen LogP contribution in [0.1, 0.15) is 24.7 Å². The molecule has 0 unspecified atom stereocenters. The maximum Gasteiger partial charge on any atom is 0.323 e. The smallest absolute Gasteiger partial charge is 0.323 e. The molecular weight excluding hydrogens is 244 g/mol. The summed E-state index contributed by atoms with van der Waals surface area (Å²) in [6.07, 6.45) is 0. The van der Waals surface area contributed by atoms with Gasteiger partial charge in [-0.15, -0.1) is 11.8 Å². The van der Waals surface area contributed by atoms with Gasteiger partial charge in [-0.05, 0) is 30.4 Å². The lowest BCUT2D eigenvalue weighted by molar-refractivity contribution is -0.142. The van der Waals surface area contributed by atoms with Crippen molar-refractivity contribution in [2.75, 3.05) is 12.4 Å². The summed E-state index contributed by atoms with van der Waals surface area (Å²) in [5.41, 5.74) is 0.940. The van der Waals surface area contributed by atoms with Crippen molar-refractivity contribution in [2.24, 2.45) is 0 Å². The Hall–Kier alpha value is -0.670. The average molecular weight is 259 g/mol. The highest BCUT2D eigenvalue weighted by Gasteiger charge is 2.21. The van der Waals surface area contributed by atoms with Gasteiger partial charge >= 0.3 is 5.97 Å². The van der Waals surface area contributed by atoms with Crippen LogP contribution >= 0.6 is 23.4 Å². The van der Waals surface area contributed by atoms with E-state index in [1.165, 1.54) is 0 Å². The number of hydrogen-bond acceptors (Lipinski definition) is 3. The van der Waals surface area contributed by atoms with Gasteiger partial charge in [0, 0.05) is 5.02 Å². The van der Waals surface area contributed by atoms with Crippen molar-refractivity contribution >= 4 is 29.3 Å². The van der Waals surface area contributed by atoms with Gasteiger partial charge in [-0.25, -0.2) is 0 Å². The Morgan fingerprint density at radius 1 is 1.38 bits per heavy atom. The van der Waals surface area contributed by atoms with Crippen molar-refractivity contribution in [1.29, 1.82) is 0 Å². The molecule has 0 aliphatic heterocycles. The van der Waals surface area contributed by atoms with Crippen molar-refractivity contribution in [3.05, 3.63) is 34.9 Å². The van der Waals surface area contributed by atoms with Crippen LogP contribution in [-0.4, -0.2) is 18.3 Å². The Morgan fingerprint density at radius 2 is 2.00 bits per heavy atom. The summed E-state index contributed by atoms with van der Waals surface area (Å²) in [7, 11) is 0. The van der Waals surface area contributed by atoms with E-state index in [1.807, 2.05) is 26.0 Å². The van der Waals surface area contributed by atoms with Crippen molar-refractivity contribution in [2.45, 2.75) is 19.1 Å². The molecule has 2 nitrogen and oxygen atoms in total. The Kier molecular flexibility index (Phi) is 5.71. The van der Waals surface area contributed by atoms with Crippen LogP contribution < -0.4 is 0 Å². The summed E-state index contributed by atoms with van der Waals surface area (Å²) in [5.74, 6) is 0.684. The molecule has 4 heteroatoms. The van der Waals surface area contributed by atoms with E-state index in [0.717, 1.165) is 11.3 Å². The highest BCUT2D eigenvalue weighted by atomic mass is 35.5. The molecule has 0 saturated heterocycles. The summed E-state index contributed by atoms with van der Waals surface area (Å²) < 4.78 is 5.05. The Bertz CT molecular complexity index is 337. The third-order valence-electron chi connectivity index (χ3n) is 2.01. The van der Waals surface area contributed by atoms with E-state index in [0.29, 0.717) is 11.6 Å². The van der Waals surface area contributed by atoms with Crippen molar-refractivity contribution < 1.29 is 9.53 Å². The Morgan fingerprint density at radius 3 is 2.50 bits per heavy atom. The van der Waals surface area contributed by atoms with Crippen LogP contribution in [0.15, 0.2) is 24.3 Å². The van der Waals surface area contributed by atoms with Gasteiger partial charge < -0.3 is 4.74 Å². The topological polar surface area (TPSA) is 26.3 Å². The second-order valence-corrected chi connectivity index (χ2v) is 4.96. The molecular formula is C12H15ClO2S. The molecule has 0 N–H and O–H groups in total. The van der Waals surface area contributed by atoms with Crippen molar-refractivity contribution in [3.63, 3.8) is 0 Å². The Labute approximate surface area is 105 Å². The van der Waals surface area contributed by atoms with E-state index in [-0.39, 0.29) is 11.2 Å². The summed E-state index contributed by atoms with van der Waals surface area (Å²) in [6, 6.07) is 7.32. The third-order valence-corrected chi connectivity index (χ3v) is 3.39. The molecule has 1 aromatic rings. The van der Waals surface area contributed by atoms with Crippen LogP contribution in [-0.2, 0) is 9.53 Å². The molecule has 16 heavy (non-hydrogen) atoms. The summed E-state index contributed by atoms with van der Waals surface area (Å²) in [5, 5.41) is 0.426. The first-order valence-corrected chi connectivity index (χ1v) is 6.65. The number of hydrogen-bond donors (Lipinski definition) is 0. The number of carbonyl (C=O) groups is 1. The molecule has 0 saturated carbocycles. The van der Waals surface area contributed by atoms with Gasteiger partial charge in [-0.2, -0.15) is 0 Å². The molecule has 1 atom stereocenters. The molecule has 0 aliphatic carbocycles. The van der Waals surface area contributed by atoms with E-state index in [2.05, 4.69) is 0 Å². The SMILES string of the molecule is CCOC(=O)[C@@H](SCC)c1ccc(Cl)cc1. The third kappa shape index (κ3) is 3.72. The molecule has 0 heterocycles. The maximum atomic E-state index is 11.7. The molecule has 0 amide bonds. The van der Waals surface area contributed by atoms with Crippen LogP contribution in [0.5, 0.6) is 0 Å². The fourth-order valence-corrected chi connectivity index (χ4v) is 2.34. The van der Waals surface area contributed by atoms with Crippen LogP contribution in [0.3, 0.4) is 0 Å². The zero-order valence-electron chi connectivity index (χ0n) is 9.40. The fourth-order valence-electron chi connectivity index (χ4n) is 1.32. The van der Waals surface area contributed by atoms with E-state index < -0.39 is 0 Å². The highest BCUT2D eigenvalue weighted by molar-refractivity contribution is 8.00. The summed E-state index contributed by atoms with van der Waals surface area (Å²) in [4.78, 5) is 11.7. The van der Waals surface area contributed by atoms with Crippen LogP contribution in [0, 0.1) is 0 Å². The highest BCUT2D eigenvalue weighted by Crippen LogP contribution is 2.30. The quantitative estimate of drug-likeness (QED) is 0.754. The molecule has 0 fully saturated rings. The number of ether oxygens (including phenoxy) is 1. The standard InChI is InChI=1S/C12H15ClO2S/c1-3-15-12(14)11(16-4-2)9-5-7-10(13)8-6-9/h5-8,11H,3-4H2,1-2H3/t11-/m0/s1. The van der Waals surface area contributed by atoms with Gasteiger partial charge in [-0.1, -0.05) is 30.7 Å². The minimum Gasteiger partial charge on any atom is -0.465 e. The van der Waals surface area contributed by atoms with E-state index in [9.17, 15) is 4.79 Å². The Balaban J connectivity index is 2.84. The molecule has 0 bridgehead atoms. The van der Waals surface area contributed by atoms with Crippen LogP contribution in [0.25, 0.3) is 0 Å². The van der Waals surface area contributed by atoms with Gasteiger partial charge in [0.2, 0.25) is 0 Å². The average Bonchev–Trinajstić information content (AvgIpc) is 2.28. The van der Waals surface area contributed by atoms with E-state index in [4.69, 9.17) is 16.3 Å². The maximum absolute atomic E-state index is 11.7. The summed E-state index contributed by atoms with van der Waals surface area (Å²) in [6.45, 7) is 4.24. The molecule has 0 aromatic heterocycles. The van der Waals surface area contributed by atoms with Gasteiger partial charge in [0.25, 0.3) is 0 Å². The summed E-state index contributed by atoms with van der Waals surface area (Å²) >= 11 is 7.38. The van der Waals surface area contributed by atoms with Gasteiger partial charge in [0.1, 0.15) is 5.25 Å². The molecule has 0 spiro atoms. The predicted octanol–water partition coefficient (Wildman–Crippen LogP) is 3.70. The van der Waals surface area contributed by atoms with Gasteiger partial charge in [-0.3, -0.25) is 4.79 Å². The predicted molar refractivity (Wildman–Crippen MR) is 69.0 cm³/mol. The van der Waals surface area contributed by atoms with Gasteiger partial charge in [0.15, 0.2) is 0 Å². The lowest BCUT2D eigenvalue weighted by Crippen LogP contribution is -2.13. The molecule has 0 aliphatic rings. The lowest BCUT2D eigenvalue weighted by atomic mass is 10.1. The second-order valence-electron chi connectivity index (χ2n) is 3.14. The first-order valence-electron chi connectivity index (χ1n) is 5.22. The minimum atomic E-state index is -0.248. The first kappa shape index (κ1) is 13.4. The second kappa shape index (κ2) is 6.81. The number of halogens is 1. The number of benzene rings is 1. The normalized spacial score (nSPS) is 12.2. The molecule has 1 rings (SSSR count). The monoisotopic (exact) mass is 258 g/mol. The molecule has 1 aromatic carbocycles.